The summed E-state index contributed by atoms with van der Waals surface area (Å²) < 4.78 is 26.4. The van der Waals surface area contributed by atoms with Gasteiger partial charge in [0.1, 0.15) is 0 Å². The molecule has 1 aromatic rings. The molecule has 92 valence electrons. The van der Waals surface area contributed by atoms with E-state index in [2.05, 4.69) is 25.6 Å². The number of halogens is 1. The Bertz CT molecular complexity index is 516. The summed E-state index contributed by atoms with van der Waals surface area (Å²) in [5, 5.41) is 1.58. The van der Waals surface area contributed by atoms with E-state index in [1.165, 1.54) is 11.8 Å². The van der Waals surface area contributed by atoms with Crippen LogP contribution in [0.1, 0.15) is 0 Å². The van der Waals surface area contributed by atoms with Crippen LogP contribution in [0.2, 0.25) is 0 Å². The van der Waals surface area contributed by atoms with Crippen molar-refractivity contribution in [3.63, 3.8) is 0 Å². The lowest BCUT2D eigenvalue weighted by atomic mass is 10.4. The predicted molar refractivity (Wildman–Crippen MR) is 74.2 cm³/mol. The van der Waals surface area contributed by atoms with Gasteiger partial charge in [0.05, 0.1) is 11.4 Å². The Labute approximate surface area is 113 Å². The van der Waals surface area contributed by atoms with Crippen LogP contribution in [-0.4, -0.2) is 30.7 Å². The third-order valence-electron chi connectivity index (χ3n) is 2.16. The minimum absolute atomic E-state index is 0.255. The van der Waals surface area contributed by atoms with Crippen LogP contribution in [0.3, 0.4) is 0 Å². The number of hydrogen-bond acceptors (Lipinski definition) is 4. The first-order chi connectivity index (χ1) is 8.12. The zero-order valence-electron chi connectivity index (χ0n) is 8.84. The molecule has 0 saturated carbocycles. The summed E-state index contributed by atoms with van der Waals surface area (Å²) in [6.45, 7) is 0.641. The Balaban J connectivity index is 2.10. The van der Waals surface area contributed by atoms with Crippen LogP contribution in [0.15, 0.2) is 40.2 Å². The molecule has 0 saturated heterocycles. The van der Waals surface area contributed by atoms with Crippen molar-refractivity contribution in [2.45, 2.75) is 10.1 Å². The van der Waals surface area contributed by atoms with Crippen molar-refractivity contribution in [1.82, 2.24) is 4.72 Å². The van der Waals surface area contributed by atoms with Crippen LogP contribution < -0.4 is 4.72 Å². The average molecular weight is 335 g/mol. The topological polar surface area (TPSA) is 58.5 Å². The molecular formula is C10H11BrN2O2S2. The lowest BCUT2D eigenvalue weighted by molar-refractivity contribution is 0.593. The average Bonchev–Trinajstić information content (AvgIpc) is 2.77. The molecule has 0 fully saturated rings. The summed E-state index contributed by atoms with van der Waals surface area (Å²) in [5.41, 5.74) is 0. The molecule has 17 heavy (non-hydrogen) atoms. The zero-order valence-corrected chi connectivity index (χ0v) is 12.1. The van der Waals surface area contributed by atoms with E-state index in [1.807, 2.05) is 0 Å². The largest absolute Gasteiger partial charge is 0.263 e. The van der Waals surface area contributed by atoms with Crippen molar-refractivity contribution in [2.24, 2.45) is 4.99 Å². The number of alkyl halides is 1. The highest BCUT2D eigenvalue weighted by Crippen LogP contribution is 2.22. The highest BCUT2D eigenvalue weighted by Gasteiger charge is 2.23. The normalized spacial score (nSPS) is 20.1. The van der Waals surface area contributed by atoms with Gasteiger partial charge in [-0.25, -0.2) is 8.42 Å². The highest BCUT2D eigenvalue weighted by atomic mass is 79.9. The number of nitrogens with zero attached hydrogens (tertiary/aromatic N) is 1. The van der Waals surface area contributed by atoms with Crippen LogP contribution >= 0.6 is 27.7 Å². The monoisotopic (exact) mass is 334 g/mol. The maximum atomic E-state index is 12.0. The van der Waals surface area contributed by atoms with Gasteiger partial charge in [-0.3, -0.25) is 9.71 Å². The molecule has 4 nitrogen and oxygen atoms in total. The first-order valence-corrected chi connectivity index (χ1v) is 8.45. The summed E-state index contributed by atoms with van der Waals surface area (Å²) in [4.78, 5) is 4.41. The van der Waals surface area contributed by atoms with Gasteiger partial charge in [0.15, 0.2) is 5.17 Å². The molecule has 7 heteroatoms. The summed E-state index contributed by atoms with van der Waals surface area (Å²) in [7, 11) is -3.49. The first-order valence-electron chi connectivity index (χ1n) is 4.97. The number of rotatable bonds is 3. The number of amidine groups is 1. The van der Waals surface area contributed by atoms with E-state index in [4.69, 9.17) is 0 Å². The molecule has 1 aromatic carbocycles. The molecule has 0 unspecified atom stereocenters. The van der Waals surface area contributed by atoms with Gasteiger partial charge in [0.2, 0.25) is 0 Å². The third-order valence-corrected chi connectivity index (χ3v) is 5.96. The highest BCUT2D eigenvalue weighted by molar-refractivity contribution is 9.09. The first kappa shape index (κ1) is 12.9. The second kappa shape index (κ2) is 5.41. The van der Waals surface area contributed by atoms with Crippen molar-refractivity contribution in [1.29, 1.82) is 0 Å². The van der Waals surface area contributed by atoms with E-state index in [0.717, 1.165) is 5.33 Å². The molecule has 1 N–H and O–H groups in total. The van der Waals surface area contributed by atoms with E-state index in [1.54, 1.807) is 30.3 Å². The molecular weight excluding hydrogens is 324 g/mol. The van der Waals surface area contributed by atoms with Gasteiger partial charge in [-0.15, -0.1) is 0 Å². The predicted octanol–water partition coefficient (Wildman–Crippen LogP) is 1.83. The van der Waals surface area contributed by atoms with Crippen molar-refractivity contribution in [3.8, 4) is 0 Å². The number of hydrogen-bond donors (Lipinski definition) is 1. The molecule has 0 amide bonds. The van der Waals surface area contributed by atoms with Crippen LogP contribution in [0, 0.1) is 0 Å². The van der Waals surface area contributed by atoms with E-state index >= 15 is 0 Å². The number of sulfonamides is 1. The van der Waals surface area contributed by atoms with E-state index < -0.39 is 10.0 Å². The van der Waals surface area contributed by atoms with Gasteiger partial charge in [-0.05, 0) is 12.1 Å². The lowest BCUT2D eigenvalue weighted by Gasteiger charge is -2.07. The van der Waals surface area contributed by atoms with Crippen LogP contribution in [-0.2, 0) is 10.0 Å². The van der Waals surface area contributed by atoms with Crippen LogP contribution in [0.25, 0.3) is 0 Å². The minimum atomic E-state index is -3.49. The van der Waals surface area contributed by atoms with E-state index in [-0.39, 0.29) is 4.90 Å². The SMILES string of the molecule is O=S(=O)(NC1=NC[C@@H](CBr)S1)c1ccccc1. The molecule has 0 aromatic heterocycles. The molecule has 2 rings (SSSR count). The van der Waals surface area contributed by atoms with E-state index in [9.17, 15) is 8.42 Å². The molecule has 1 heterocycles. The van der Waals surface area contributed by atoms with E-state index in [0.29, 0.717) is 17.0 Å². The maximum Gasteiger partial charge on any atom is 0.263 e. The second-order valence-electron chi connectivity index (χ2n) is 3.46. The molecule has 1 atom stereocenters. The molecule has 0 aliphatic carbocycles. The Morgan fingerprint density at radius 2 is 2.12 bits per heavy atom. The summed E-state index contributed by atoms with van der Waals surface area (Å²) in [5.74, 6) is 0. The van der Waals surface area contributed by atoms with Gasteiger partial charge in [0, 0.05) is 10.6 Å². The molecule has 0 bridgehead atoms. The van der Waals surface area contributed by atoms with Crippen molar-refractivity contribution < 1.29 is 8.42 Å². The van der Waals surface area contributed by atoms with Crippen molar-refractivity contribution in [3.05, 3.63) is 30.3 Å². The minimum Gasteiger partial charge on any atom is -0.261 e. The van der Waals surface area contributed by atoms with Crippen molar-refractivity contribution >= 4 is 42.9 Å². The number of thioether (sulfide) groups is 1. The van der Waals surface area contributed by atoms with Crippen LogP contribution in [0.5, 0.6) is 0 Å². The standard InChI is InChI=1S/C10H11BrN2O2S2/c11-6-8-7-12-10(16-8)13-17(14,15)9-4-2-1-3-5-9/h1-5,8H,6-7H2,(H,12,13)/t8-/m1/s1. The fraction of sp³-hybridized carbons (Fsp3) is 0.300. The molecule has 0 spiro atoms. The smallest absolute Gasteiger partial charge is 0.261 e. The summed E-state index contributed by atoms with van der Waals surface area (Å²) in [6, 6.07) is 8.29. The number of nitrogens with one attached hydrogen (secondary N) is 1. The second-order valence-corrected chi connectivity index (χ2v) is 7.08. The fourth-order valence-corrected chi connectivity index (χ4v) is 4.05. The van der Waals surface area contributed by atoms with Gasteiger partial charge in [-0.2, -0.15) is 0 Å². The number of benzene rings is 1. The molecule has 1 aliphatic heterocycles. The van der Waals surface area contributed by atoms with Gasteiger partial charge < -0.3 is 0 Å². The van der Waals surface area contributed by atoms with Crippen LogP contribution in [0.4, 0.5) is 0 Å². The number of aliphatic imine (C=N–C) groups is 1. The summed E-state index contributed by atoms with van der Waals surface area (Å²) >= 11 is 4.80. The Morgan fingerprint density at radius 3 is 2.71 bits per heavy atom. The quantitative estimate of drug-likeness (QED) is 0.858. The molecule has 0 radical (unpaired) electrons. The Kier molecular flexibility index (Phi) is 4.11. The third kappa shape index (κ3) is 3.23. The molecule has 1 aliphatic rings. The lowest BCUT2D eigenvalue weighted by Crippen LogP contribution is -2.27. The van der Waals surface area contributed by atoms with Gasteiger partial charge in [-0.1, -0.05) is 45.9 Å². The fourth-order valence-electron chi connectivity index (χ4n) is 1.33. The van der Waals surface area contributed by atoms with Crippen molar-refractivity contribution in [2.75, 3.05) is 11.9 Å². The Hall–Kier alpha value is -0.530. The maximum absolute atomic E-state index is 12.0. The van der Waals surface area contributed by atoms with Gasteiger partial charge >= 0.3 is 0 Å². The summed E-state index contributed by atoms with van der Waals surface area (Å²) in [6.07, 6.45) is 0. The zero-order chi connectivity index (χ0) is 12.3. The van der Waals surface area contributed by atoms with Gasteiger partial charge in [0.25, 0.3) is 10.0 Å². The Morgan fingerprint density at radius 1 is 1.41 bits per heavy atom.